The van der Waals surface area contributed by atoms with Gasteiger partial charge in [0.1, 0.15) is 6.61 Å². The molecule has 1 aromatic heterocycles. The van der Waals surface area contributed by atoms with Gasteiger partial charge >= 0.3 is 0 Å². The number of aromatic nitrogens is 2. The first-order valence-electron chi connectivity index (χ1n) is 5.64. The van der Waals surface area contributed by atoms with Crippen LogP contribution in [0.15, 0.2) is 29.2 Å². The van der Waals surface area contributed by atoms with Crippen molar-refractivity contribution in [3.8, 4) is 5.75 Å². The fraction of sp³-hybridized carbons (Fsp3) is 0.250. The van der Waals surface area contributed by atoms with E-state index in [4.69, 9.17) is 15.4 Å². The number of hydrogen-bond donors (Lipinski definition) is 0. The maximum Gasteiger partial charge on any atom is 0.261 e. The van der Waals surface area contributed by atoms with E-state index in [1.807, 2.05) is 13.0 Å². The maximum absolute atomic E-state index is 13.7. The van der Waals surface area contributed by atoms with Gasteiger partial charge in [-0.05, 0) is 31.2 Å². The van der Waals surface area contributed by atoms with Crippen LogP contribution in [0, 0.1) is 12.7 Å². The van der Waals surface area contributed by atoms with E-state index in [1.54, 1.807) is 11.7 Å². The summed E-state index contributed by atoms with van der Waals surface area (Å²) in [5, 5.41) is 4.14. The number of halogens is 2. The van der Waals surface area contributed by atoms with Gasteiger partial charge in [-0.3, -0.25) is 4.68 Å². The van der Waals surface area contributed by atoms with Crippen LogP contribution < -0.4 is 4.74 Å². The van der Waals surface area contributed by atoms with Crippen molar-refractivity contribution in [3.63, 3.8) is 0 Å². The van der Waals surface area contributed by atoms with Gasteiger partial charge in [0.05, 0.1) is 16.3 Å². The highest BCUT2D eigenvalue weighted by molar-refractivity contribution is 8.13. The predicted octanol–water partition coefficient (Wildman–Crippen LogP) is 2.37. The molecule has 0 saturated heterocycles. The highest BCUT2D eigenvalue weighted by atomic mass is 35.7. The van der Waals surface area contributed by atoms with E-state index in [-0.39, 0.29) is 17.3 Å². The number of aryl methyl sites for hydroxylation is 2. The fourth-order valence-electron chi connectivity index (χ4n) is 1.70. The first-order valence-corrected chi connectivity index (χ1v) is 7.95. The summed E-state index contributed by atoms with van der Waals surface area (Å²) in [5.74, 6) is -0.835. The summed E-state index contributed by atoms with van der Waals surface area (Å²) in [6.07, 6.45) is 0. The molecule has 2 rings (SSSR count). The minimum Gasteiger partial charge on any atom is -0.484 e. The normalized spacial score (nSPS) is 11.6. The molecule has 8 heteroatoms. The molecule has 0 fully saturated rings. The van der Waals surface area contributed by atoms with Crippen molar-refractivity contribution in [2.24, 2.45) is 7.05 Å². The Bertz CT molecular complexity index is 743. The SMILES string of the molecule is Cc1cc(COc2ccc(S(=O)(=O)Cl)cc2F)n(C)n1. The molecule has 0 amide bonds. The summed E-state index contributed by atoms with van der Waals surface area (Å²) in [5.41, 5.74) is 1.60. The van der Waals surface area contributed by atoms with Crippen LogP contribution in [-0.4, -0.2) is 18.2 Å². The summed E-state index contributed by atoms with van der Waals surface area (Å²) in [7, 11) is 2.94. The lowest BCUT2D eigenvalue weighted by Gasteiger charge is -2.08. The monoisotopic (exact) mass is 318 g/mol. The van der Waals surface area contributed by atoms with E-state index < -0.39 is 14.9 Å². The molecule has 108 valence electrons. The number of ether oxygens (including phenoxy) is 1. The number of hydrogen-bond acceptors (Lipinski definition) is 4. The van der Waals surface area contributed by atoms with Crippen molar-refractivity contribution in [1.82, 2.24) is 9.78 Å². The van der Waals surface area contributed by atoms with Crippen LogP contribution in [0.2, 0.25) is 0 Å². The van der Waals surface area contributed by atoms with Crippen molar-refractivity contribution in [2.75, 3.05) is 0 Å². The van der Waals surface area contributed by atoms with Gasteiger partial charge in [0.25, 0.3) is 9.05 Å². The highest BCUT2D eigenvalue weighted by Gasteiger charge is 2.14. The van der Waals surface area contributed by atoms with Gasteiger partial charge in [0, 0.05) is 17.7 Å². The van der Waals surface area contributed by atoms with E-state index >= 15 is 0 Å². The summed E-state index contributed by atoms with van der Waals surface area (Å²) < 4.78 is 42.8. The van der Waals surface area contributed by atoms with Crippen LogP contribution in [-0.2, 0) is 22.7 Å². The second-order valence-electron chi connectivity index (χ2n) is 4.22. The summed E-state index contributed by atoms with van der Waals surface area (Å²) in [4.78, 5) is -0.305. The standard InChI is InChI=1S/C12H12ClFN2O3S/c1-8-5-9(16(2)15-8)7-19-12-4-3-10(6-11(12)14)20(13,17)18/h3-6H,7H2,1-2H3. The van der Waals surface area contributed by atoms with Crippen LogP contribution in [0.1, 0.15) is 11.4 Å². The van der Waals surface area contributed by atoms with E-state index in [1.165, 1.54) is 12.1 Å². The van der Waals surface area contributed by atoms with Crippen molar-refractivity contribution >= 4 is 19.7 Å². The molecule has 1 aromatic carbocycles. The quantitative estimate of drug-likeness (QED) is 0.812. The molecular weight excluding hydrogens is 307 g/mol. The Morgan fingerprint density at radius 3 is 2.60 bits per heavy atom. The summed E-state index contributed by atoms with van der Waals surface area (Å²) in [6, 6.07) is 5.06. The molecule has 0 atom stereocenters. The fourth-order valence-corrected chi connectivity index (χ4v) is 2.46. The zero-order valence-corrected chi connectivity index (χ0v) is 12.4. The summed E-state index contributed by atoms with van der Waals surface area (Å²) in [6.45, 7) is 1.96. The Labute approximate surface area is 120 Å². The zero-order valence-electron chi connectivity index (χ0n) is 10.8. The van der Waals surface area contributed by atoms with Crippen molar-refractivity contribution in [3.05, 3.63) is 41.5 Å². The molecule has 0 aliphatic carbocycles. The topological polar surface area (TPSA) is 61.2 Å². The van der Waals surface area contributed by atoms with Gasteiger partial charge in [-0.25, -0.2) is 12.8 Å². The van der Waals surface area contributed by atoms with E-state index in [2.05, 4.69) is 5.10 Å². The van der Waals surface area contributed by atoms with Crippen molar-refractivity contribution in [1.29, 1.82) is 0 Å². The average Bonchev–Trinajstić information content (AvgIpc) is 2.65. The number of nitrogens with zero attached hydrogens (tertiary/aromatic N) is 2. The number of rotatable bonds is 4. The molecule has 0 N–H and O–H groups in total. The van der Waals surface area contributed by atoms with Crippen LogP contribution in [0.5, 0.6) is 5.75 Å². The maximum atomic E-state index is 13.7. The molecule has 0 aliphatic rings. The van der Waals surface area contributed by atoms with E-state index in [0.29, 0.717) is 0 Å². The Hall–Kier alpha value is -1.60. The Morgan fingerprint density at radius 2 is 2.10 bits per heavy atom. The second-order valence-corrected chi connectivity index (χ2v) is 6.79. The predicted molar refractivity (Wildman–Crippen MR) is 71.7 cm³/mol. The third-order valence-corrected chi connectivity index (χ3v) is 4.01. The molecule has 0 radical (unpaired) electrons. The molecule has 0 unspecified atom stereocenters. The van der Waals surface area contributed by atoms with E-state index in [9.17, 15) is 12.8 Å². The first kappa shape index (κ1) is 14.8. The van der Waals surface area contributed by atoms with Gasteiger partial charge in [0.15, 0.2) is 11.6 Å². The average molecular weight is 319 g/mol. The van der Waals surface area contributed by atoms with Crippen LogP contribution in [0.25, 0.3) is 0 Å². The molecule has 0 spiro atoms. The molecule has 5 nitrogen and oxygen atoms in total. The minimum absolute atomic E-state index is 0.0482. The van der Waals surface area contributed by atoms with Gasteiger partial charge in [-0.1, -0.05) is 0 Å². The third kappa shape index (κ3) is 3.29. The lowest BCUT2D eigenvalue weighted by atomic mass is 10.3. The van der Waals surface area contributed by atoms with Gasteiger partial charge < -0.3 is 4.74 Å². The third-order valence-electron chi connectivity index (χ3n) is 2.66. The van der Waals surface area contributed by atoms with Crippen molar-refractivity contribution < 1.29 is 17.5 Å². The van der Waals surface area contributed by atoms with Gasteiger partial charge in [0.2, 0.25) is 0 Å². The molecule has 1 heterocycles. The summed E-state index contributed by atoms with van der Waals surface area (Å²) >= 11 is 0. The molecule has 20 heavy (non-hydrogen) atoms. The lowest BCUT2D eigenvalue weighted by molar-refractivity contribution is 0.280. The van der Waals surface area contributed by atoms with Gasteiger partial charge in [-0.15, -0.1) is 0 Å². The highest BCUT2D eigenvalue weighted by Crippen LogP contribution is 2.24. The first-order chi connectivity index (χ1) is 9.27. The van der Waals surface area contributed by atoms with Gasteiger partial charge in [-0.2, -0.15) is 5.10 Å². The smallest absolute Gasteiger partial charge is 0.261 e. The lowest BCUT2D eigenvalue weighted by Crippen LogP contribution is -2.04. The van der Waals surface area contributed by atoms with E-state index in [0.717, 1.165) is 17.5 Å². The Balaban J connectivity index is 2.17. The Kier molecular flexibility index (Phi) is 4.01. The number of benzene rings is 1. The Morgan fingerprint density at radius 1 is 1.40 bits per heavy atom. The van der Waals surface area contributed by atoms with Crippen LogP contribution in [0.3, 0.4) is 0 Å². The second kappa shape index (κ2) is 5.41. The van der Waals surface area contributed by atoms with Crippen LogP contribution >= 0.6 is 10.7 Å². The molecular formula is C12H12ClFN2O3S. The molecule has 0 saturated carbocycles. The minimum atomic E-state index is -3.95. The molecule has 0 aliphatic heterocycles. The van der Waals surface area contributed by atoms with Crippen molar-refractivity contribution in [2.45, 2.75) is 18.4 Å². The largest absolute Gasteiger partial charge is 0.484 e. The molecule has 0 bridgehead atoms. The van der Waals surface area contributed by atoms with Crippen LogP contribution in [0.4, 0.5) is 4.39 Å². The zero-order chi connectivity index (χ0) is 14.9. The molecule has 2 aromatic rings.